The van der Waals surface area contributed by atoms with Crippen LogP contribution < -0.4 is 5.32 Å². The largest absolute Gasteiger partial charge is 0.350 e. The number of carbonyl (C=O) groups is 1. The van der Waals surface area contributed by atoms with Gasteiger partial charge in [0.05, 0.1) is 5.69 Å². The Morgan fingerprint density at radius 2 is 2.04 bits per heavy atom. The molecule has 0 radical (unpaired) electrons. The number of hydrogen-bond donors (Lipinski definition) is 1. The summed E-state index contributed by atoms with van der Waals surface area (Å²) >= 11 is 0. The van der Waals surface area contributed by atoms with Gasteiger partial charge in [0.1, 0.15) is 11.5 Å². The average Bonchev–Trinajstić information content (AvgIpc) is 2.96. The molecular weight excluding hydrogens is 314 g/mol. The molecule has 0 fully saturated rings. The Morgan fingerprint density at radius 1 is 1.24 bits per heavy atom. The zero-order valence-electron chi connectivity index (χ0n) is 15.4. The molecule has 6 heteroatoms. The first-order valence-electron chi connectivity index (χ1n) is 9.25. The van der Waals surface area contributed by atoms with Crippen LogP contribution in [0.25, 0.3) is 0 Å². The van der Waals surface area contributed by atoms with E-state index in [1.807, 2.05) is 13.1 Å². The fourth-order valence-electron chi connectivity index (χ4n) is 3.45. The molecule has 134 valence electrons. The summed E-state index contributed by atoms with van der Waals surface area (Å²) in [6, 6.07) is 1.87. The van der Waals surface area contributed by atoms with Crippen LogP contribution in [0.15, 0.2) is 6.07 Å². The molecule has 0 spiro atoms. The van der Waals surface area contributed by atoms with Crippen LogP contribution in [0.5, 0.6) is 0 Å². The molecule has 6 nitrogen and oxygen atoms in total. The number of fused-ring (bicyclic) bond motifs is 1. The third kappa shape index (κ3) is 4.06. The third-order valence-electron chi connectivity index (χ3n) is 4.74. The number of hydrogen-bond acceptors (Lipinski definition) is 4. The van der Waals surface area contributed by atoms with Crippen LogP contribution in [-0.4, -0.2) is 32.2 Å². The molecule has 0 saturated heterocycles. The van der Waals surface area contributed by atoms with Crippen LogP contribution in [0, 0.1) is 6.92 Å². The third-order valence-corrected chi connectivity index (χ3v) is 4.74. The van der Waals surface area contributed by atoms with E-state index in [9.17, 15) is 4.79 Å². The second kappa shape index (κ2) is 7.76. The highest BCUT2D eigenvalue weighted by Crippen LogP contribution is 2.21. The zero-order valence-corrected chi connectivity index (χ0v) is 15.4. The molecule has 25 heavy (non-hydrogen) atoms. The van der Waals surface area contributed by atoms with Crippen molar-refractivity contribution in [2.75, 3.05) is 6.54 Å². The summed E-state index contributed by atoms with van der Waals surface area (Å²) in [5.74, 6) is 0.738. The van der Waals surface area contributed by atoms with Gasteiger partial charge < -0.3 is 5.32 Å². The normalized spacial score (nSPS) is 13.6. The molecule has 0 bridgehead atoms. The lowest BCUT2D eigenvalue weighted by Gasteiger charge is -2.17. The first-order chi connectivity index (χ1) is 12.1. The van der Waals surface area contributed by atoms with Gasteiger partial charge in [-0.05, 0) is 50.7 Å². The van der Waals surface area contributed by atoms with E-state index in [-0.39, 0.29) is 5.91 Å². The number of aryl methyl sites for hydroxylation is 4. The number of amides is 1. The second-order valence-corrected chi connectivity index (χ2v) is 6.76. The molecule has 0 aliphatic heterocycles. The van der Waals surface area contributed by atoms with Gasteiger partial charge in [-0.25, -0.2) is 9.97 Å². The predicted octanol–water partition coefficient (Wildman–Crippen LogP) is 2.32. The minimum absolute atomic E-state index is 0.0907. The van der Waals surface area contributed by atoms with Crippen molar-refractivity contribution in [3.05, 3.63) is 40.2 Å². The van der Waals surface area contributed by atoms with Crippen LogP contribution in [0.1, 0.15) is 65.1 Å². The van der Waals surface area contributed by atoms with E-state index in [1.165, 1.54) is 24.1 Å². The van der Waals surface area contributed by atoms with E-state index in [4.69, 9.17) is 4.98 Å². The number of carbonyl (C=O) groups excluding carboxylic acids is 1. The fourth-order valence-corrected chi connectivity index (χ4v) is 3.45. The van der Waals surface area contributed by atoms with Crippen LogP contribution >= 0.6 is 0 Å². The number of rotatable bonds is 6. The van der Waals surface area contributed by atoms with E-state index >= 15 is 0 Å². The maximum Gasteiger partial charge on any atom is 0.269 e. The lowest BCUT2D eigenvalue weighted by atomic mass is 9.95. The molecule has 0 saturated carbocycles. The van der Waals surface area contributed by atoms with E-state index in [2.05, 4.69) is 29.2 Å². The highest BCUT2D eigenvalue weighted by Gasteiger charge is 2.16. The Bertz CT molecular complexity index is 765. The average molecular weight is 341 g/mol. The number of nitrogens with zero attached hydrogens (tertiary/aromatic N) is 4. The zero-order chi connectivity index (χ0) is 17.8. The van der Waals surface area contributed by atoms with E-state index < -0.39 is 0 Å². The Kier molecular flexibility index (Phi) is 5.46. The van der Waals surface area contributed by atoms with Gasteiger partial charge in [0, 0.05) is 31.4 Å². The van der Waals surface area contributed by atoms with Crippen molar-refractivity contribution in [2.24, 2.45) is 7.05 Å². The maximum atomic E-state index is 12.4. The van der Waals surface area contributed by atoms with Gasteiger partial charge in [-0.3, -0.25) is 9.48 Å². The Hall–Kier alpha value is -2.24. The lowest BCUT2D eigenvalue weighted by Crippen LogP contribution is -2.28. The highest BCUT2D eigenvalue weighted by molar-refractivity contribution is 5.92. The molecule has 1 aliphatic carbocycles. The molecule has 0 aromatic carbocycles. The van der Waals surface area contributed by atoms with Crippen molar-refractivity contribution >= 4 is 5.91 Å². The maximum absolute atomic E-state index is 12.4. The van der Waals surface area contributed by atoms with Crippen molar-refractivity contribution < 1.29 is 4.79 Å². The molecule has 2 heterocycles. The highest BCUT2D eigenvalue weighted by atomic mass is 16.2. The Labute approximate surface area is 149 Å². The quantitative estimate of drug-likeness (QED) is 0.875. The van der Waals surface area contributed by atoms with Gasteiger partial charge in [0.2, 0.25) is 0 Å². The first kappa shape index (κ1) is 17.6. The van der Waals surface area contributed by atoms with Gasteiger partial charge in [0.25, 0.3) is 5.91 Å². The Morgan fingerprint density at radius 3 is 2.84 bits per heavy atom. The van der Waals surface area contributed by atoms with Gasteiger partial charge in [-0.2, -0.15) is 5.10 Å². The summed E-state index contributed by atoms with van der Waals surface area (Å²) in [5, 5.41) is 7.34. The summed E-state index contributed by atoms with van der Waals surface area (Å²) in [4.78, 5) is 21.7. The van der Waals surface area contributed by atoms with Crippen LogP contribution in [-0.2, 0) is 32.7 Å². The second-order valence-electron chi connectivity index (χ2n) is 6.76. The molecule has 0 atom stereocenters. The SMILES string of the molecule is CCCc1cc(C(=O)NCCc2nc(C)c3c(n2)CCCC3)n(C)n1. The van der Waals surface area contributed by atoms with Gasteiger partial charge in [-0.15, -0.1) is 0 Å². The molecule has 0 unspecified atom stereocenters. The van der Waals surface area contributed by atoms with Crippen molar-refractivity contribution in [2.45, 2.75) is 58.8 Å². The van der Waals surface area contributed by atoms with Crippen LogP contribution in [0.3, 0.4) is 0 Å². The molecular formula is C19H27N5O. The predicted molar refractivity (Wildman–Crippen MR) is 96.7 cm³/mol. The van der Waals surface area contributed by atoms with Crippen molar-refractivity contribution in [3.8, 4) is 0 Å². The van der Waals surface area contributed by atoms with Crippen molar-refractivity contribution in [1.82, 2.24) is 25.1 Å². The summed E-state index contributed by atoms with van der Waals surface area (Å²) in [7, 11) is 1.81. The molecule has 1 N–H and O–H groups in total. The van der Waals surface area contributed by atoms with Gasteiger partial charge in [0.15, 0.2) is 0 Å². The minimum Gasteiger partial charge on any atom is -0.350 e. The van der Waals surface area contributed by atoms with Gasteiger partial charge >= 0.3 is 0 Å². The number of aromatic nitrogens is 4. The van der Waals surface area contributed by atoms with Crippen molar-refractivity contribution in [3.63, 3.8) is 0 Å². The summed E-state index contributed by atoms with van der Waals surface area (Å²) in [6.45, 7) is 4.71. The topological polar surface area (TPSA) is 72.7 Å². The molecule has 2 aromatic heterocycles. The standard InChI is InChI=1S/C19H27N5O/c1-4-7-14-12-17(24(3)23-14)19(25)20-11-10-18-21-13(2)15-8-5-6-9-16(15)22-18/h12H,4-11H2,1-3H3,(H,20,25). The van der Waals surface area contributed by atoms with E-state index in [1.54, 1.807) is 4.68 Å². The lowest BCUT2D eigenvalue weighted by molar-refractivity contribution is 0.0944. The Balaban J connectivity index is 1.59. The molecule has 1 aliphatic rings. The minimum atomic E-state index is -0.0907. The van der Waals surface area contributed by atoms with Gasteiger partial charge in [-0.1, -0.05) is 13.3 Å². The van der Waals surface area contributed by atoms with E-state index in [0.29, 0.717) is 18.7 Å². The smallest absolute Gasteiger partial charge is 0.269 e. The number of nitrogens with one attached hydrogen (secondary N) is 1. The summed E-state index contributed by atoms with van der Waals surface area (Å²) < 4.78 is 1.65. The summed E-state index contributed by atoms with van der Waals surface area (Å²) in [6.07, 6.45) is 7.15. The van der Waals surface area contributed by atoms with E-state index in [0.717, 1.165) is 42.9 Å². The fraction of sp³-hybridized carbons (Fsp3) is 0.579. The first-order valence-corrected chi connectivity index (χ1v) is 9.25. The van der Waals surface area contributed by atoms with Crippen LogP contribution in [0.4, 0.5) is 0 Å². The van der Waals surface area contributed by atoms with Crippen LogP contribution in [0.2, 0.25) is 0 Å². The molecule has 1 amide bonds. The molecule has 3 rings (SSSR count). The summed E-state index contributed by atoms with van der Waals surface area (Å²) in [5.41, 5.74) is 5.20. The van der Waals surface area contributed by atoms with Crippen molar-refractivity contribution in [1.29, 1.82) is 0 Å². The molecule has 2 aromatic rings. The monoisotopic (exact) mass is 341 g/mol.